The Bertz CT molecular complexity index is 175. The van der Waals surface area contributed by atoms with E-state index in [2.05, 4.69) is 6.92 Å². The largest absolute Gasteiger partial charge is 0.216 e. The van der Waals surface area contributed by atoms with Crippen molar-refractivity contribution in [1.29, 1.82) is 0 Å². The minimum Gasteiger partial charge on any atom is -0.216 e. The maximum atomic E-state index is 11.7. The van der Waals surface area contributed by atoms with Gasteiger partial charge >= 0.3 is 0 Å². The molecule has 0 saturated carbocycles. The molecule has 0 saturated heterocycles. The Morgan fingerprint density at radius 2 is 0.947 bits per heavy atom. The minimum atomic E-state index is 0.669. The highest BCUT2D eigenvalue weighted by Gasteiger charge is 1.93. The van der Waals surface area contributed by atoms with Crippen molar-refractivity contribution in [2.75, 3.05) is 0 Å². The van der Waals surface area contributed by atoms with E-state index in [4.69, 9.17) is 0 Å². The molecule has 0 bridgehead atoms. The summed E-state index contributed by atoms with van der Waals surface area (Å²) in [6.45, 7) is 2.28. The van der Waals surface area contributed by atoms with Crippen LogP contribution in [0.15, 0.2) is 12.4 Å². The Kier molecular flexibility index (Phi) is 17.4. The maximum absolute atomic E-state index is 11.7. The molecule has 0 unspecified atom stereocenters. The lowest BCUT2D eigenvalue weighted by Crippen LogP contribution is -1.83. The summed E-state index contributed by atoms with van der Waals surface area (Å²) in [5.74, 6) is 0. The topological polar surface area (TPSA) is 0 Å². The summed E-state index contributed by atoms with van der Waals surface area (Å²) >= 11 is 0. The molecule has 114 valence electrons. The van der Waals surface area contributed by atoms with E-state index in [1.165, 1.54) is 83.5 Å². The number of halogens is 1. The monoisotopic (exact) mass is 270 g/mol. The Morgan fingerprint density at radius 3 is 1.32 bits per heavy atom. The van der Waals surface area contributed by atoms with E-state index < -0.39 is 0 Å². The first-order chi connectivity index (χ1) is 9.41. The van der Waals surface area contributed by atoms with Gasteiger partial charge in [-0.15, -0.1) is 0 Å². The molecule has 0 amide bonds. The fourth-order valence-electron chi connectivity index (χ4n) is 2.52. The summed E-state index contributed by atoms with van der Waals surface area (Å²) in [6, 6.07) is 0. The van der Waals surface area contributed by atoms with Crippen LogP contribution < -0.4 is 0 Å². The highest BCUT2D eigenvalue weighted by molar-refractivity contribution is 4.71. The first-order valence-corrected chi connectivity index (χ1v) is 8.67. The molecule has 0 aliphatic rings. The van der Waals surface area contributed by atoms with Crippen molar-refractivity contribution in [1.82, 2.24) is 0 Å². The third-order valence-electron chi connectivity index (χ3n) is 3.81. The SMILES string of the molecule is CCCCCCCCCCCCCCCC/C=C\F. The second-order valence-corrected chi connectivity index (χ2v) is 5.75. The van der Waals surface area contributed by atoms with Crippen molar-refractivity contribution in [2.45, 2.75) is 103 Å². The molecule has 0 radical (unpaired) electrons. The van der Waals surface area contributed by atoms with Crippen LogP contribution in [-0.4, -0.2) is 0 Å². The molecule has 0 aromatic rings. The highest BCUT2D eigenvalue weighted by atomic mass is 19.1. The van der Waals surface area contributed by atoms with Gasteiger partial charge in [0.25, 0.3) is 0 Å². The lowest BCUT2D eigenvalue weighted by atomic mass is 10.0. The molecule has 0 heterocycles. The van der Waals surface area contributed by atoms with Crippen molar-refractivity contribution in [3.8, 4) is 0 Å². The summed E-state index contributed by atoms with van der Waals surface area (Å²) in [7, 11) is 0. The fourth-order valence-corrected chi connectivity index (χ4v) is 2.52. The molecule has 1 heteroatoms. The summed E-state index contributed by atoms with van der Waals surface area (Å²) in [6.07, 6.45) is 22.5. The lowest BCUT2D eigenvalue weighted by molar-refractivity contribution is 0.536. The standard InChI is InChI=1S/C18H35F/c1-2-3-4-5-6-7-8-9-10-11-12-13-14-15-16-17-18-19/h17-18H,2-16H2,1H3/b18-17-. The maximum Gasteiger partial charge on any atom is 0.0827 e. The summed E-state index contributed by atoms with van der Waals surface area (Å²) in [4.78, 5) is 0. The molecule has 0 aromatic heterocycles. The molecular formula is C18H35F. The van der Waals surface area contributed by atoms with Crippen LogP contribution >= 0.6 is 0 Å². The van der Waals surface area contributed by atoms with Crippen molar-refractivity contribution in [3.63, 3.8) is 0 Å². The zero-order valence-electron chi connectivity index (χ0n) is 13.1. The van der Waals surface area contributed by atoms with Crippen molar-refractivity contribution in [3.05, 3.63) is 12.4 Å². The highest BCUT2D eigenvalue weighted by Crippen LogP contribution is 2.13. The molecule has 0 fully saturated rings. The molecule has 0 aliphatic heterocycles. The van der Waals surface area contributed by atoms with Crippen LogP contribution in [0.2, 0.25) is 0 Å². The normalized spacial score (nSPS) is 11.5. The van der Waals surface area contributed by atoms with Gasteiger partial charge in [-0.1, -0.05) is 96.5 Å². The van der Waals surface area contributed by atoms with Gasteiger partial charge in [-0.05, 0) is 12.8 Å². The second kappa shape index (κ2) is 17.7. The average molecular weight is 270 g/mol. The van der Waals surface area contributed by atoms with E-state index in [1.807, 2.05) is 0 Å². The van der Waals surface area contributed by atoms with Crippen molar-refractivity contribution in [2.24, 2.45) is 0 Å². The summed E-state index contributed by atoms with van der Waals surface area (Å²) < 4.78 is 11.7. The first kappa shape index (κ1) is 18.7. The Balaban J connectivity index is 2.91. The van der Waals surface area contributed by atoms with E-state index in [0.29, 0.717) is 6.33 Å². The molecule has 0 nitrogen and oxygen atoms in total. The van der Waals surface area contributed by atoms with Gasteiger partial charge in [0.15, 0.2) is 0 Å². The Morgan fingerprint density at radius 1 is 0.579 bits per heavy atom. The van der Waals surface area contributed by atoms with E-state index in [9.17, 15) is 4.39 Å². The smallest absolute Gasteiger partial charge is 0.0827 e. The van der Waals surface area contributed by atoms with Gasteiger partial charge < -0.3 is 0 Å². The van der Waals surface area contributed by atoms with Crippen LogP contribution in [0.1, 0.15) is 103 Å². The predicted octanol–water partition coefficient (Wildman–Crippen LogP) is 7.34. The van der Waals surface area contributed by atoms with Crippen LogP contribution in [-0.2, 0) is 0 Å². The summed E-state index contributed by atoms with van der Waals surface area (Å²) in [5.41, 5.74) is 0. The molecule has 19 heavy (non-hydrogen) atoms. The second-order valence-electron chi connectivity index (χ2n) is 5.75. The van der Waals surface area contributed by atoms with E-state index in [0.717, 1.165) is 12.8 Å². The number of hydrogen-bond acceptors (Lipinski definition) is 0. The zero-order valence-corrected chi connectivity index (χ0v) is 13.1. The van der Waals surface area contributed by atoms with Crippen LogP contribution in [0.4, 0.5) is 4.39 Å². The number of allylic oxidation sites excluding steroid dienone is 1. The van der Waals surface area contributed by atoms with Crippen LogP contribution in [0.5, 0.6) is 0 Å². The van der Waals surface area contributed by atoms with Crippen LogP contribution in [0.3, 0.4) is 0 Å². The van der Waals surface area contributed by atoms with Crippen molar-refractivity contribution < 1.29 is 4.39 Å². The van der Waals surface area contributed by atoms with Crippen molar-refractivity contribution >= 4 is 0 Å². The Labute approximate surface area is 120 Å². The minimum absolute atomic E-state index is 0.669. The number of hydrogen-bond donors (Lipinski definition) is 0. The van der Waals surface area contributed by atoms with Crippen LogP contribution in [0.25, 0.3) is 0 Å². The third kappa shape index (κ3) is 17.7. The molecule has 0 N–H and O–H groups in total. The van der Waals surface area contributed by atoms with Gasteiger partial charge in [-0.25, -0.2) is 4.39 Å². The van der Waals surface area contributed by atoms with Crippen LogP contribution in [0, 0.1) is 0 Å². The van der Waals surface area contributed by atoms with Gasteiger partial charge in [-0.3, -0.25) is 0 Å². The molecule has 0 atom stereocenters. The Hall–Kier alpha value is -0.330. The average Bonchev–Trinajstić information content (AvgIpc) is 2.43. The fraction of sp³-hybridized carbons (Fsp3) is 0.889. The van der Waals surface area contributed by atoms with Gasteiger partial charge in [0, 0.05) is 0 Å². The van der Waals surface area contributed by atoms with Gasteiger partial charge in [0.05, 0.1) is 6.33 Å². The molecule has 0 rings (SSSR count). The zero-order chi connectivity index (χ0) is 14.0. The predicted molar refractivity (Wildman–Crippen MR) is 85.2 cm³/mol. The molecule has 0 spiro atoms. The quantitative estimate of drug-likeness (QED) is 0.273. The van der Waals surface area contributed by atoms with E-state index in [-0.39, 0.29) is 0 Å². The number of unbranched alkanes of at least 4 members (excludes halogenated alkanes) is 14. The van der Waals surface area contributed by atoms with E-state index >= 15 is 0 Å². The van der Waals surface area contributed by atoms with Gasteiger partial charge in [-0.2, -0.15) is 0 Å². The first-order valence-electron chi connectivity index (χ1n) is 8.67. The lowest BCUT2D eigenvalue weighted by Gasteiger charge is -2.02. The third-order valence-corrected chi connectivity index (χ3v) is 3.81. The van der Waals surface area contributed by atoms with Gasteiger partial charge in [0.1, 0.15) is 0 Å². The molecular weight excluding hydrogens is 235 g/mol. The van der Waals surface area contributed by atoms with E-state index in [1.54, 1.807) is 6.08 Å². The summed E-state index contributed by atoms with van der Waals surface area (Å²) in [5, 5.41) is 0. The molecule has 0 aliphatic carbocycles. The number of rotatable bonds is 15. The molecule has 0 aromatic carbocycles. The van der Waals surface area contributed by atoms with Gasteiger partial charge in [0.2, 0.25) is 0 Å².